The van der Waals surface area contributed by atoms with E-state index in [-0.39, 0.29) is 12.0 Å². The van der Waals surface area contributed by atoms with Gasteiger partial charge in [0.25, 0.3) is 5.88 Å². The molecule has 0 saturated heterocycles. The lowest BCUT2D eigenvalue weighted by Crippen LogP contribution is -2.35. The molecule has 7 heteroatoms. The van der Waals surface area contributed by atoms with Crippen LogP contribution in [0.25, 0.3) is 0 Å². The first-order valence-corrected chi connectivity index (χ1v) is 7.79. The SMILES string of the molecule is Fc1cccnc1OC1CN(Cc2ccoc2)Cc2ccnn2C1. The largest absolute Gasteiger partial charge is 0.472 e. The number of halogens is 1. The van der Waals surface area contributed by atoms with Gasteiger partial charge in [-0.3, -0.25) is 9.58 Å². The molecule has 1 atom stereocenters. The van der Waals surface area contributed by atoms with Crippen molar-refractivity contribution < 1.29 is 13.5 Å². The molecule has 0 radical (unpaired) electrons. The van der Waals surface area contributed by atoms with Crippen LogP contribution in [0.2, 0.25) is 0 Å². The standard InChI is InChI=1S/C17H17FN4O2/c18-16-2-1-5-19-17(16)24-15-10-21(8-13-4-7-23-12-13)9-14-3-6-20-22(14)11-15/h1-7,12,15H,8-11H2. The van der Waals surface area contributed by atoms with Crippen LogP contribution in [0.4, 0.5) is 4.39 Å². The van der Waals surface area contributed by atoms with Gasteiger partial charge in [0.2, 0.25) is 0 Å². The van der Waals surface area contributed by atoms with Gasteiger partial charge in [-0.15, -0.1) is 0 Å². The molecule has 0 fully saturated rings. The second kappa shape index (κ2) is 6.45. The number of fused-ring (bicyclic) bond motifs is 1. The summed E-state index contributed by atoms with van der Waals surface area (Å²) in [6, 6.07) is 6.83. The maximum absolute atomic E-state index is 13.8. The van der Waals surface area contributed by atoms with Crippen LogP contribution >= 0.6 is 0 Å². The van der Waals surface area contributed by atoms with Crippen LogP contribution in [0.3, 0.4) is 0 Å². The molecule has 0 amide bonds. The van der Waals surface area contributed by atoms with Crippen LogP contribution < -0.4 is 4.74 Å². The minimum absolute atomic E-state index is 0.0290. The maximum atomic E-state index is 13.8. The minimum atomic E-state index is -0.455. The van der Waals surface area contributed by atoms with Crippen LogP contribution in [-0.4, -0.2) is 32.3 Å². The van der Waals surface area contributed by atoms with E-state index in [1.807, 2.05) is 16.8 Å². The summed E-state index contributed by atoms with van der Waals surface area (Å²) in [5.41, 5.74) is 2.19. The molecule has 3 aromatic rings. The van der Waals surface area contributed by atoms with Gasteiger partial charge in [-0.05, 0) is 24.3 Å². The third-order valence-corrected chi connectivity index (χ3v) is 4.02. The average Bonchev–Trinajstić information content (AvgIpc) is 3.19. The highest BCUT2D eigenvalue weighted by molar-refractivity contribution is 5.14. The maximum Gasteiger partial charge on any atom is 0.250 e. The molecule has 1 unspecified atom stereocenters. The Hall–Kier alpha value is -2.67. The number of nitrogens with zero attached hydrogens (tertiary/aromatic N) is 4. The third-order valence-electron chi connectivity index (χ3n) is 4.02. The lowest BCUT2D eigenvalue weighted by molar-refractivity contribution is 0.113. The molecule has 6 nitrogen and oxygen atoms in total. The number of ether oxygens (including phenoxy) is 1. The number of hydrogen-bond acceptors (Lipinski definition) is 5. The summed E-state index contributed by atoms with van der Waals surface area (Å²) < 4.78 is 26.7. The highest BCUT2D eigenvalue weighted by Gasteiger charge is 2.25. The molecule has 0 aliphatic carbocycles. The smallest absolute Gasteiger partial charge is 0.250 e. The van der Waals surface area contributed by atoms with Crippen LogP contribution in [0.5, 0.6) is 5.88 Å². The number of pyridine rings is 1. The summed E-state index contributed by atoms with van der Waals surface area (Å²) in [4.78, 5) is 6.22. The Bertz CT molecular complexity index is 803. The number of hydrogen-bond donors (Lipinski definition) is 0. The van der Waals surface area contributed by atoms with Crippen molar-refractivity contribution in [2.75, 3.05) is 6.54 Å². The van der Waals surface area contributed by atoms with E-state index in [9.17, 15) is 4.39 Å². The second-order valence-corrected chi connectivity index (χ2v) is 5.84. The van der Waals surface area contributed by atoms with E-state index in [0.29, 0.717) is 13.1 Å². The second-order valence-electron chi connectivity index (χ2n) is 5.84. The molecular weight excluding hydrogens is 311 g/mol. The van der Waals surface area contributed by atoms with E-state index in [1.165, 1.54) is 12.3 Å². The Morgan fingerprint density at radius 1 is 1.25 bits per heavy atom. The molecule has 0 spiro atoms. The van der Waals surface area contributed by atoms with Crippen molar-refractivity contribution in [2.45, 2.75) is 25.7 Å². The van der Waals surface area contributed by atoms with Crippen LogP contribution in [0.1, 0.15) is 11.3 Å². The van der Waals surface area contributed by atoms with Crippen molar-refractivity contribution in [1.82, 2.24) is 19.7 Å². The van der Waals surface area contributed by atoms with Crippen molar-refractivity contribution in [1.29, 1.82) is 0 Å². The summed E-state index contributed by atoms with van der Waals surface area (Å²) in [6.45, 7) is 2.67. The Kier molecular flexibility index (Phi) is 4.00. The number of furan rings is 1. The predicted molar refractivity (Wildman–Crippen MR) is 83.7 cm³/mol. The Morgan fingerprint density at radius 2 is 2.21 bits per heavy atom. The van der Waals surface area contributed by atoms with Gasteiger partial charge < -0.3 is 9.15 Å². The predicted octanol–water partition coefficient (Wildman–Crippen LogP) is 2.47. The van der Waals surface area contributed by atoms with Gasteiger partial charge >= 0.3 is 0 Å². The zero-order chi connectivity index (χ0) is 16.4. The normalized spacial score (nSPS) is 18.1. The molecule has 124 valence electrons. The Labute approximate surface area is 138 Å². The van der Waals surface area contributed by atoms with Crippen molar-refractivity contribution in [3.63, 3.8) is 0 Å². The fourth-order valence-corrected chi connectivity index (χ4v) is 2.94. The summed E-state index contributed by atoms with van der Waals surface area (Å²) in [7, 11) is 0. The molecule has 1 aliphatic rings. The van der Waals surface area contributed by atoms with E-state index in [4.69, 9.17) is 9.15 Å². The molecule has 0 saturated carbocycles. The monoisotopic (exact) mass is 328 g/mol. The van der Waals surface area contributed by atoms with Gasteiger partial charge in [0.15, 0.2) is 5.82 Å². The molecule has 4 rings (SSSR count). The van der Waals surface area contributed by atoms with Crippen molar-refractivity contribution in [3.05, 3.63) is 66.3 Å². The fraction of sp³-hybridized carbons (Fsp3) is 0.294. The minimum Gasteiger partial charge on any atom is -0.472 e. The van der Waals surface area contributed by atoms with E-state index in [1.54, 1.807) is 24.8 Å². The average molecular weight is 328 g/mol. The first-order chi connectivity index (χ1) is 11.8. The molecule has 0 bridgehead atoms. The van der Waals surface area contributed by atoms with Crippen LogP contribution in [0, 0.1) is 5.82 Å². The third kappa shape index (κ3) is 3.16. The quantitative estimate of drug-likeness (QED) is 0.736. The zero-order valence-electron chi connectivity index (χ0n) is 13.0. The first-order valence-electron chi connectivity index (χ1n) is 7.79. The fourth-order valence-electron chi connectivity index (χ4n) is 2.94. The lowest BCUT2D eigenvalue weighted by atomic mass is 10.2. The summed E-state index contributed by atoms with van der Waals surface area (Å²) in [6.07, 6.45) is 6.44. The summed E-state index contributed by atoms with van der Waals surface area (Å²) in [5, 5.41) is 4.34. The highest BCUT2D eigenvalue weighted by Crippen LogP contribution is 2.20. The lowest BCUT2D eigenvalue weighted by Gasteiger charge is -2.23. The molecule has 1 aliphatic heterocycles. The molecule has 0 aromatic carbocycles. The Balaban J connectivity index is 1.56. The van der Waals surface area contributed by atoms with Crippen LogP contribution in [0.15, 0.2) is 53.6 Å². The van der Waals surface area contributed by atoms with Gasteiger partial charge in [-0.1, -0.05) is 0 Å². The van der Waals surface area contributed by atoms with Crippen molar-refractivity contribution in [3.8, 4) is 5.88 Å². The summed E-state index contributed by atoms with van der Waals surface area (Å²) in [5.74, 6) is -0.426. The number of rotatable bonds is 4. The van der Waals surface area contributed by atoms with E-state index in [2.05, 4.69) is 15.0 Å². The molecule has 4 heterocycles. The molecule has 24 heavy (non-hydrogen) atoms. The van der Waals surface area contributed by atoms with Crippen molar-refractivity contribution in [2.24, 2.45) is 0 Å². The van der Waals surface area contributed by atoms with Crippen LogP contribution in [-0.2, 0) is 19.6 Å². The molecule has 0 N–H and O–H groups in total. The zero-order valence-corrected chi connectivity index (χ0v) is 13.0. The molecule has 3 aromatic heterocycles. The van der Waals surface area contributed by atoms with Crippen molar-refractivity contribution >= 4 is 0 Å². The highest BCUT2D eigenvalue weighted by atomic mass is 19.1. The van der Waals surface area contributed by atoms with Gasteiger partial charge in [0.1, 0.15) is 6.10 Å². The van der Waals surface area contributed by atoms with Gasteiger partial charge in [0, 0.05) is 37.6 Å². The number of aromatic nitrogens is 3. The van der Waals surface area contributed by atoms with E-state index in [0.717, 1.165) is 24.3 Å². The topological polar surface area (TPSA) is 56.3 Å². The van der Waals surface area contributed by atoms with Gasteiger partial charge in [0.05, 0.1) is 24.8 Å². The first kappa shape index (κ1) is 14.9. The summed E-state index contributed by atoms with van der Waals surface area (Å²) >= 11 is 0. The van der Waals surface area contributed by atoms with E-state index < -0.39 is 5.82 Å². The van der Waals surface area contributed by atoms with E-state index >= 15 is 0 Å². The molecular formula is C17H17FN4O2. The van der Waals surface area contributed by atoms with Gasteiger partial charge in [-0.2, -0.15) is 5.10 Å². The van der Waals surface area contributed by atoms with Gasteiger partial charge in [-0.25, -0.2) is 9.37 Å². The Morgan fingerprint density at radius 3 is 3.04 bits per heavy atom.